The summed E-state index contributed by atoms with van der Waals surface area (Å²) < 4.78 is 5.55. The van der Waals surface area contributed by atoms with E-state index in [9.17, 15) is 0 Å². The van der Waals surface area contributed by atoms with Crippen LogP contribution in [0.25, 0.3) is 0 Å². The normalized spacial score (nSPS) is 9.93. The lowest BCUT2D eigenvalue weighted by Gasteiger charge is -2.05. The molecule has 15 heavy (non-hydrogen) atoms. The second-order valence-corrected chi connectivity index (χ2v) is 3.27. The Balaban J connectivity index is 1.99. The van der Waals surface area contributed by atoms with Gasteiger partial charge in [0.15, 0.2) is 5.82 Å². The number of aromatic nitrogens is 2. The van der Waals surface area contributed by atoms with Gasteiger partial charge in [-0.3, -0.25) is 0 Å². The van der Waals surface area contributed by atoms with Gasteiger partial charge in [0, 0.05) is 12.4 Å². The fourth-order valence-corrected chi connectivity index (χ4v) is 1.26. The summed E-state index contributed by atoms with van der Waals surface area (Å²) in [7, 11) is 0. The Bertz CT molecular complexity index is 429. The summed E-state index contributed by atoms with van der Waals surface area (Å²) in [6.45, 7) is 2.44. The van der Waals surface area contributed by atoms with Crippen LogP contribution in [0.2, 0.25) is 0 Å². The van der Waals surface area contributed by atoms with Crippen LogP contribution in [0.15, 0.2) is 42.7 Å². The molecule has 1 aromatic heterocycles. The molecule has 76 valence electrons. The highest BCUT2D eigenvalue weighted by Crippen LogP contribution is 2.13. The van der Waals surface area contributed by atoms with Gasteiger partial charge in [-0.25, -0.2) is 9.97 Å². The number of benzene rings is 1. The highest BCUT2D eigenvalue weighted by atomic mass is 16.5. The predicted octanol–water partition coefficient (Wildman–Crippen LogP) is 2.36. The van der Waals surface area contributed by atoms with Crippen molar-refractivity contribution in [2.45, 2.75) is 13.5 Å². The molecule has 0 unspecified atom stereocenters. The molecule has 0 aliphatic rings. The van der Waals surface area contributed by atoms with Crippen molar-refractivity contribution in [3.05, 3.63) is 54.1 Å². The summed E-state index contributed by atoms with van der Waals surface area (Å²) in [5, 5.41) is 0. The molecule has 0 bridgehead atoms. The highest BCUT2D eigenvalue weighted by Gasteiger charge is 1.97. The number of ether oxygens (including phenoxy) is 1. The Hall–Kier alpha value is -1.90. The maximum absolute atomic E-state index is 5.55. The smallest absolute Gasteiger partial charge is 0.166 e. The van der Waals surface area contributed by atoms with Crippen molar-refractivity contribution in [1.29, 1.82) is 0 Å². The Morgan fingerprint density at radius 2 is 1.93 bits per heavy atom. The van der Waals surface area contributed by atoms with Gasteiger partial charge in [-0.15, -0.1) is 0 Å². The van der Waals surface area contributed by atoms with Crippen LogP contribution in [0, 0.1) is 6.92 Å². The molecule has 0 spiro atoms. The van der Waals surface area contributed by atoms with Crippen molar-refractivity contribution < 1.29 is 4.74 Å². The third-order valence-electron chi connectivity index (χ3n) is 1.98. The molecule has 0 aliphatic carbocycles. The van der Waals surface area contributed by atoms with Gasteiger partial charge < -0.3 is 4.74 Å². The van der Waals surface area contributed by atoms with Crippen molar-refractivity contribution in [3.63, 3.8) is 0 Å². The molecule has 0 saturated heterocycles. The zero-order chi connectivity index (χ0) is 10.5. The first-order valence-corrected chi connectivity index (χ1v) is 4.80. The SMILES string of the molecule is Cc1cccc(OCc2ncccn2)c1. The second kappa shape index (κ2) is 4.55. The van der Waals surface area contributed by atoms with Crippen LogP contribution in [-0.2, 0) is 6.61 Å². The summed E-state index contributed by atoms with van der Waals surface area (Å²) in [6.07, 6.45) is 3.42. The minimum absolute atomic E-state index is 0.407. The van der Waals surface area contributed by atoms with Gasteiger partial charge in [0.1, 0.15) is 12.4 Å². The molecule has 0 saturated carbocycles. The largest absolute Gasteiger partial charge is 0.486 e. The lowest BCUT2D eigenvalue weighted by atomic mass is 10.2. The van der Waals surface area contributed by atoms with E-state index in [0.717, 1.165) is 5.75 Å². The van der Waals surface area contributed by atoms with Gasteiger partial charge in [-0.1, -0.05) is 12.1 Å². The van der Waals surface area contributed by atoms with E-state index in [1.807, 2.05) is 31.2 Å². The molecule has 2 rings (SSSR count). The van der Waals surface area contributed by atoms with Crippen molar-refractivity contribution in [2.75, 3.05) is 0 Å². The fourth-order valence-electron chi connectivity index (χ4n) is 1.26. The van der Waals surface area contributed by atoms with E-state index in [0.29, 0.717) is 12.4 Å². The molecule has 0 amide bonds. The van der Waals surface area contributed by atoms with E-state index in [1.54, 1.807) is 18.5 Å². The minimum Gasteiger partial charge on any atom is -0.486 e. The van der Waals surface area contributed by atoms with Crippen molar-refractivity contribution in [2.24, 2.45) is 0 Å². The Labute approximate surface area is 88.8 Å². The Morgan fingerprint density at radius 1 is 1.13 bits per heavy atom. The van der Waals surface area contributed by atoms with E-state index in [-0.39, 0.29) is 0 Å². The van der Waals surface area contributed by atoms with E-state index in [4.69, 9.17) is 4.74 Å². The third-order valence-corrected chi connectivity index (χ3v) is 1.98. The molecular formula is C12H12N2O. The zero-order valence-corrected chi connectivity index (χ0v) is 8.55. The average molecular weight is 200 g/mol. The molecule has 2 aromatic rings. The minimum atomic E-state index is 0.407. The summed E-state index contributed by atoms with van der Waals surface area (Å²) in [5.41, 5.74) is 1.18. The van der Waals surface area contributed by atoms with E-state index in [1.165, 1.54) is 5.56 Å². The first-order chi connectivity index (χ1) is 7.34. The molecule has 0 aliphatic heterocycles. The van der Waals surface area contributed by atoms with Gasteiger partial charge in [0.05, 0.1) is 0 Å². The molecule has 3 heteroatoms. The van der Waals surface area contributed by atoms with E-state index >= 15 is 0 Å². The van der Waals surface area contributed by atoms with Crippen LogP contribution in [0.5, 0.6) is 5.75 Å². The topological polar surface area (TPSA) is 35.0 Å². The molecule has 0 atom stereocenters. The van der Waals surface area contributed by atoms with Gasteiger partial charge in [0.25, 0.3) is 0 Å². The second-order valence-electron chi connectivity index (χ2n) is 3.27. The number of nitrogens with zero attached hydrogens (tertiary/aromatic N) is 2. The summed E-state index contributed by atoms with van der Waals surface area (Å²) in [5.74, 6) is 1.54. The summed E-state index contributed by atoms with van der Waals surface area (Å²) >= 11 is 0. The zero-order valence-electron chi connectivity index (χ0n) is 8.55. The van der Waals surface area contributed by atoms with Crippen LogP contribution in [0.1, 0.15) is 11.4 Å². The molecule has 1 heterocycles. The van der Waals surface area contributed by atoms with E-state index in [2.05, 4.69) is 9.97 Å². The number of aryl methyl sites for hydroxylation is 1. The lowest BCUT2D eigenvalue weighted by Crippen LogP contribution is -2.00. The van der Waals surface area contributed by atoms with Crippen LogP contribution >= 0.6 is 0 Å². The molecule has 3 nitrogen and oxygen atoms in total. The monoisotopic (exact) mass is 200 g/mol. The molecular weight excluding hydrogens is 188 g/mol. The van der Waals surface area contributed by atoms with Crippen LogP contribution in [-0.4, -0.2) is 9.97 Å². The maximum Gasteiger partial charge on any atom is 0.166 e. The number of rotatable bonds is 3. The predicted molar refractivity (Wildman–Crippen MR) is 57.5 cm³/mol. The van der Waals surface area contributed by atoms with Gasteiger partial charge in [-0.05, 0) is 30.7 Å². The van der Waals surface area contributed by atoms with Crippen LogP contribution in [0.4, 0.5) is 0 Å². The molecule has 1 aromatic carbocycles. The highest BCUT2D eigenvalue weighted by molar-refractivity contribution is 5.27. The van der Waals surface area contributed by atoms with Crippen molar-refractivity contribution >= 4 is 0 Å². The maximum atomic E-state index is 5.55. The van der Waals surface area contributed by atoms with Gasteiger partial charge >= 0.3 is 0 Å². The third kappa shape index (κ3) is 2.77. The van der Waals surface area contributed by atoms with Crippen molar-refractivity contribution in [1.82, 2.24) is 9.97 Å². The van der Waals surface area contributed by atoms with Gasteiger partial charge in [0.2, 0.25) is 0 Å². The fraction of sp³-hybridized carbons (Fsp3) is 0.167. The average Bonchev–Trinajstić information content (AvgIpc) is 2.28. The number of hydrogen-bond donors (Lipinski definition) is 0. The molecule has 0 N–H and O–H groups in total. The Kier molecular flexibility index (Phi) is 2.93. The van der Waals surface area contributed by atoms with Crippen LogP contribution < -0.4 is 4.74 Å². The van der Waals surface area contributed by atoms with Gasteiger partial charge in [-0.2, -0.15) is 0 Å². The Morgan fingerprint density at radius 3 is 2.67 bits per heavy atom. The molecule has 0 fully saturated rings. The number of hydrogen-bond acceptors (Lipinski definition) is 3. The first kappa shape index (κ1) is 9.65. The first-order valence-electron chi connectivity index (χ1n) is 4.80. The van der Waals surface area contributed by atoms with Crippen molar-refractivity contribution in [3.8, 4) is 5.75 Å². The summed E-state index contributed by atoms with van der Waals surface area (Å²) in [6, 6.07) is 9.71. The lowest BCUT2D eigenvalue weighted by molar-refractivity contribution is 0.295. The quantitative estimate of drug-likeness (QED) is 0.762. The van der Waals surface area contributed by atoms with E-state index < -0.39 is 0 Å². The van der Waals surface area contributed by atoms with Crippen LogP contribution in [0.3, 0.4) is 0 Å². The summed E-state index contributed by atoms with van der Waals surface area (Å²) in [4.78, 5) is 8.16. The molecule has 0 radical (unpaired) electrons. The standard InChI is InChI=1S/C12H12N2O/c1-10-4-2-5-11(8-10)15-9-12-13-6-3-7-14-12/h2-8H,9H2,1H3.